The largest absolute Gasteiger partial charge is 0.933 e. The molecule has 4 heterocycles. The monoisotopic (exact) mass is 596 g/mol. The minimum Gasteiger partial charge on any atom is -0.306 e. The van der Waals surface area contributed by atoms with E-state index in [1.807, 2.05) is 0 Å². The maximum Gasteiger partial charge on any atom is 0.933 e. The van der Waals surface area contributed by atoms with Crippen LogP contribution in [0.15, 0.2) is 60.6 Å². The fourth-order valence-electron chi connectivity index (χ4n) is 5.99. The quantitative estimate of drug-likeness (QED) is 0.126. The molecule has 0 fully saturated rings. The van der Waals surface area contributed by atoms with Crippen molar-refractivity contribution in [3.8, 4) is 11.4 Å². The van der Waals surface area contributed by atoms with Crippen LogP contribution in [0.25, 0.3) is 11.4 Å². The molecule has 4 nitrogen and oxygen atoms in total. The molecule has 0 aliphatic carbocycles. The van der Waals surface area contributed by atoms with Gasteiger partial charge in [0.05, 0.1) is 5.69 Å². The molecule has 2 aromatic carbocycles. The lowest BCUT2D eigenvalue weighted by Crippen LogP contribution is -2.92. The van der Waals surface area contributed by atoms with Crippen LogP contribution in [-0.4, -0.2) is 16.9 Å². The molecular formula is C27H15BF10N4+2. The lowest BCUT2D eigenvalue weighted by Gasteiger charge is -2.37. The highest BCUT2D eigenvalue weighted by molar-refractivity contribution is 6.63. The molecule has 0 unspecified atom stereocenters. The van der Waals surface area contributed by atoms with Gasteiger partial charge in [-0.3, -0.25) is 0 Å². The van der Waals surface area contributed by atoms with Gasteiger partial charge in [0.1, 0.15) is 18.1 Å². The fourth-order valence-corrected chi connectivity index (χ4v) is 5.99. The molecule has 0 amide bonds. The fraction of sp³-hybridized carbons (Fsp3) is 0.0741. The van der Waals surface area contributed by atoms with Gasteiger partial charge in [0, 0.05) is 25.1 Å². The summed E-state index contributed by atoms with van der Waals surface area (Å²) in [6.45, 7) is -1.22. The van der Waals surface area contributed by atoms with Crippen LogP contribution in [0.5, 0.6) is 0 Å². The van der Waals surface area contributed by atoms with Gasteiger partial charge in [-0.25, -0.2) is 48.6 Å². The third-order valence-electron chi connectivity index (χ3n) is 7.51. The van der Waals surface area contributed by atoms with Gasteiger partial charge in [-0.15, -0.1) is 0 Å². The molecular weight excluding hydrogens is 581 g/mol. The normalized spacial score (nSPS) is 15.3. The van der Waals surface area contributed by atoms with Gasteiger partial charge in [0.25, 0.3) is 0 Å². The minimum absolute atomic E-state index is 0.192. The number of allylic oxidation sites excluding steroid dienone is 2. The van der Waals surface area contributed by atoms with Crippen molar-refractivity contribution in [2.45, 2.75) is 13.8 Å². The van der Waals surface area contributed by atoms with Crippen LogP contribution >= 0.6 is 0 Å². The number of fused-ring (bicyclic) bond motifs is 5. The van der Waals surface area contributed by atoms with Crippen molar-refractivity contribution >= 4 is 23.8 Å². The Bertz CT molecular complexity index is 1840. The molecule has 0 radical (unpaired) electrons. The maximum absolute atomic E-state index is 15.6. The van der Waals surface area contributed by atoms with Crippen molar-refractivity contribution in [2.24, 2.45) is 0 Å². The molecule has 4 aromatic rings. The van der Waals surface area contributed by atoms with Crippen LogP contribution in [0.2, 0.25) is 0 Å². The Hall–Kier alpha value is -4.69. The Balaban J connectivity index is 1.89. The number of pyridine rings is 2. The zero-order valence-electron chi connectivity index (χ0n) is 21.3. The Morgan fingerprint density at radius 2 is 0.952 bits per heavy atom. The van der Waals surface area contributed by atoms with E-state index in [1.165, 1.54) is 71.6 Å². The SMILES string of the molecule is CC1=CC(C)=[N+](c2c(F)c(F)c(F)c(F)c2F)[B-]2(N1c1c(F)c(F)c(F)c(F)c1F)[n+]1ccccc1-c1cccc[n+]12. The van der Waals surface area contributed by atoms with Gasteiger partial charge in [-0.05, 0) is 36.9 Å². The zero-order chi connectivity index (χ0) is 30.4. The molecule has 0 saturated carbocycles. The Kier molecular flexibility index (Phi) is 5.99. The maximum atomic E-state index is 15.6. The minimum atomic E-state index is -3.68. The predicted octanol–water partition coefficient (Wildman–Crippen LogP) is 5.69. The zero-order valence-corrected chi connectivity index (χ0v) is 21.3. The molecule has 0 atom stereocenters. The van der Waals surface area contributed by atoms with Crippen LogP contribution in [0.3, 0.4) is 0 Å². The van der Waals surface area contributed by atoms with Crippen LogP contribution in [-0.2, 0) is 0 Å². The molecule has 6 rings (SSSR count). The van der Waals surface area contributed by atoms with Gasteiger partial charge in [0.15, 0.2) is 23.3 Å². The molecule has 1 spiro atoms. The second kappa shape index (κ2) is 9.16. The summed E-state index contributed by atoms with van der Waals surface area (Å²) < 4.78 is 152. The first-order chi connectivity index (χ1) is 19.9. The lowest BCUT2D eigenvalue weighted by atomic mass is 9.66. The van der Waals surface area contributed by atoms with Crippen LogP contribution in [0.1, 0.15) is 13.8 Å². The summed E-state index contributed by atoms with van der Waals surface area (Å²) in [6, 6.07) is 8.83. The highest BCUT2D eigenvalue weighted by Gasteiger charge is 2.79. The van der Waals surface area contributed by atoms with E-state index in [2.05, 4.69) is 0 Å². The number of hydrogen-bond donors (Lipinski definition) is 0. The summed E-state index contributed by atoms with van der Waals surface area (Å²) in [5.41, 5.74) is -3.00. The molecule has 2 aliphatic rings. The van der Waals surface area contributed by atoms with Gasteiger partial charge in [-0.2, -0.15) is 8.78 Å². The highest BCUT2D eigenvalue weighted by atomic mass is 19.2. The lowest BCUT2D eigenvalue weighted by molar-refractivity contribution is -0.724. The topological polar surface area (TPSA) is 14.0 Å². The smallest absolute Gasteiger partial charge is 0.306 e. The summed E-state index contributed by atoms with van der Waals surface area (Å²) in [7, 11) is 0. The van der Waals surface area contributed by atoms with Crippen LogP contribution in [0.4, 0.5) is 55.3 Å². The number of halogens is 10. The van der Waals surface area contributed by atoms with Crippen molar-refractivity contribution in [1.82, 2.24) is 0 Å². The summed E-state index contributed by atoms with van der Waals surface area (Å²) in [4.78, 5) is 0.612. The Labute approximate surface area is 230 Å². The average molecular weight is 596 g/mol. The number of nitrogens with zero attached hydrogens (tertiary/aromatic N) is 4. The van der Waals surface area contributed by atoms with Crippen LogP contribution in [0, 0.1) is 58.2 Å². The second-order valence-corrected chi connectivity index (χ2v) is 9.68. The van der Waals surface area contributed by atoms with E-state index < -0.39 is 76.2 Å². The number of aromatic nitrogens is 2. The van der Waals surface area contributed by atoms with Gasteiger partial charge in [-0.1, -0.05) is 0 Å². The highest BCUT2D eigenvalue weighted by Crippen LogP contribution is 2.41. The van der Waals surface area contributed by atoms with Crippen molar-refractivity contribution in [1.29, 1.82) is 0 Å². The third kappa shape index (κ3) is 3.24. The number of rotatable bonds is 2. The van der Waals surface area contributed by atoms with E-state index in [0.717, 1.165) is 6.08 Å². The Morgan fingerprint density at radius 3 is 1.40 bits per heavy atom. The number of anilines is 1. The van der Waals surface area contributed by atoms with E-state index in [4.69, 9.17) is 0 Å². The molecule has 214 valence electrons. The van der Waals surface area contributed by atoms with Gasteiger partial charge < -0.3 is 4.81 Å². The van der Waals surface area contributed by atoms with E-state index >= 15 is 17.6 Å². The standard InChI is InChI=1S/C27H15BF10N4/c1-12-11-13(2)42(27-24(37)20(33)17(30)21(34)25(27)38)28(41(12)26-22(35)18(31)16(29)19(32)23(26)36)39-9-5-3-7-14(39)15-8-4-6-10-40(15)28/h3-11H,1-2H3/q+2. The summed E-state index contributed by atoms with van der Waals surface area (Å²) in [6.07, 6.45) is 3.62. The van der Waals surface area contributed by atoms with Crippen molar-refractivity contribution in [3.63, 3.8) is 0 Å². The molecule has 15 heteroatoms. The first-order valence-electron chi connectivity index (χ1n) is 12.2. The van der Waals surface area contributed by atoms with Crippen LogP contribution < -0.4 is 13.8 Å². The molecule has 0 N–H and O–H groups in total. The number of benzene rings is 2. The van der Waals surface area contributed by atoms with Crippen molar-refractivity contribution in [3.05, 3.63) is 119 Å². The summed E-state index contributed by atoms with van der Waals surface area (Å²) in [5.74, 6) is -23.3. The van der Waals surface area contributed by atoms with Gasteiger partial charge >= 0.3 is 6.69 Å². The van der Waals surface area contributed by atoms with E-state index in [9.17, 15) is 26.3 Å². The predicted molar refractivity (Wildman–Crippen MR) is 128 cm³/mol. The second-order valence-electron chi connectivity index (χ2n) is 9.68. The summed E-state index contributed by atoms with van der Waals surface area (Å²) in [5, 5.41) is 0. The molecule has 2 aromatic heterocycles. The Morgan fingerprint density at radius 1 is 0.548 bits per heavy atom. The summed E-state index contributed by atoms with van der Waals surface area (Å²) >= 11 is 0. The van der Waals surface area contributed by atoms with E-state index in [0.29, 0.717) is 9.30 Å². The van der Waals surface area contributed by atoms with Crippen molar-refractivity contribution in [2.75, 3.05) is 4.81 Å². The molecule has 0 saturated heterocycles. The third-order valence-corrected chi connectivity index (χ3v) is 7.51. The van der Waals surface area contributed by atoms with Crippen molar-refractivity contribution < 1.29 is 57.3 Å². The first kappa shape index (κ1) is 27.5. The first-order valence-corrected chi connectivity index (χ1v) is 12.2. The van der Waals surface area contributed by atoms with Gasteiger partial charge in [0.2, 0.25) is 52.0 Å². The molecule has 0 bridgehead atoms. The van der Waals surface area contributed by atoms with E-state index in [1.54, 1.807) is 0 Å². The molecule has 2 aliphatic heterocycles. The molecule has 42 heavy (non-hydrogen) atoms. The average Bonchev–Trinajstić information content (AvgIpc) is 3.26. The van der Waals surface area contributed by atoms with E-state index in [-0.39, 0.29) is 22.8 Å². The number of hydrogen-bond acceptors (Lipinski definition) is 1.